The van der Waals surface area contributed by atoms with Gasteiger partial charge in [0.15, 0.2) is 5.58 Å². The van der Waals surface area contributed by atoms with Crippen LogP contribution < -0.4 is 11.1 Å². The molecule has 0 atom stereocenters. The molecule has 0 saturated heterocycles. The highest BCUT2D eigenvalue weighted by Gasteiger charge is 2.11. The summed E-state index contributed by atoms with van der Waals surface area (Å²) in [5.41, 5.74) is 2.64. The van der Waals surface area contributed by atoms with Gasteiger partial charge in [0, 0.05) is 17.1 Å². The van der Waals surface area contributed by atoms with Gasteiger partial charge in [-0.1, -0.05) is 18.2 Å². The number of pyridine rings is 1. The third kappa shape index (κ3) is 2.36. The molecule has 6 heteroatoms. The van der Waals surface area contributed by atoms with Crippen molar-refractivity contribution in [3.8, 4) is 0 Å². The number of nitrogens with one attached hydrogen (secondary N) is 2. The molecule has 4 rings (SSSR count). The first-order valence-corrected chi connectivity index (χ1v) is 6.99. The summed E-state index contributed by atoms with van der Waals surface area (Å²) in [6, 6.07) is 14.1. The van der Waals surface area contributed by atoms with Gasteiger partial charge in [-0.3, -0.25) is 14.8 Å². The smallest absolute Gasteiger partial charge is 0.408 e. The van der Waals surface area contributed by atoms with Crippen LogP contribution in [-0.4, -0.2) is 15.9 Å². The molecule has 23 heavy (non-hydrogen) atoms. The average molecular weight is 305 g/mol. The number of anilines is 1. The minimum absolute atomic E-state index is 0.297. The maximum atomic E-state index is 12.4. The van der Waals surface area contributed by atoms with Crippen molar-refractivity contribution >= 4 is 33.6 Å². The van der Waals surface area contributed by atoms with Crippen LogP contribution in [0.25, 0.3) is 22.0 Å². The fourth-order valence-corrected chi connectivity index (χ4v) is 2.49. The Morgan fingerprint density at radius 2 is 2.00 bits per heavy atom. The lowest BCUT2D eigenvalue weighted by molar-refractivity contribution is 0.102. The molecule has 112 valence electrons. The lowest BCUT2D eigenvalue weighted by atomic mass is 10.1. The summed E-state index contributed by atoms with van der Waals surface area (Å²) < 4.78 is 4.98. The van der Waals surface area contributed by atoms with E-state index in [2.05, 4.69) is 15.3 Å². The van der Waals surface area contributed by atoms with Gasteiger partial charge in [-0.2, -0.15) is 0 Å². The predicted octanol–water partition coefficient (Wildman–Crippen LogP) is 2.92. The van der Waals surface area contributed by atoms with Gasteiger partial charge >= 0.3 is 5.76 Å². The maximum Gasteiger partial charge on any atom is 0.417 e. The molecule has 0 radical (unpaired) electrons. The zero-order valence-electron chi connectivity index (χ0n) is 11.9. The second-order valence-electron chi connectivity index (χ2n) is 5.06. The third-order valence-corrected chi connectivity index (χ3v) is 3.56. The first-order valence-electron chi connectivity index (χ1n) is 6.99. The van der Waals surface area contributed by atoms with Crippen molar-refractivity contribution in [2.24, 2.45) is 0 Å². The Morgan fingerprint density at radius 1 is 1.13 bits per heavy atom. The molecule has 0 aliphatic rings. The van der Waals surface area contributed by atoms with Gasteiger partial charge in [0.05, 0.1) is 16.7 Å². The topological polar surface area (TPSA) is 88.0 Å². The van der Waals surface area contributed by atoms with Crippen molar-refractivity contribution in [2.75, 3.05) is 5.32 Å². The summed E-state index contributed by atoms with van der Waals surface area (Å²) in [6.07, 6.45) is 1.68. The standard InChI is InChI=1S/C17H11N3O3/c21-16(11-6-7-12-14(9-11)23-17(22)20-12)19-13-5-1-3-10-4-2-8-18-15(10)13/h1-9H,(H,19,21)(H,20,22). The molecule has 0 unspecified atom stereocenters. The van der Waals surface area contributed by atoms with Gasteiger partial charge in [-0.25, -0.2) is 4.79 Å². The van der Waals surface area contributed by atoms with Crippen molar-refractivity contribution in [2.45, 2.75) is 0 Å². The minimum atomic E-state index is -0.546. The van der Waals surface area contributed by atoms with Crippen LogP contribution in [0.15, 0.2) is 63.9 Å². The Kier molecular flexibility index (Phi) is 2.94. The van der Waals surface area contributed by atoms with Crippen molar-refractivity contribution in [1.29, 1.82) is 0 Å². The number of fused-ring (bicyclic) bond motifs is 2. The number of H-pyrrole nitrogens is 1. The number of carbonyl (C=O) groups is 1. The number of nitrogens with zero attached hydrogens (tertiary/aromatic N) is 1. The Balaban J connectivity index is 1.71. The molecule has 2 heterocycles. The van der Waals surface area contributed by atoms with Crippen molar-refractivity contribution in [3.63, 3.8) is 0 Å². The molecule has 0 saturated carbocycles. The zero-order chi connectivity index (χ0) is 15.8. The van der Waals surface area contributed by atoms with Crippen molar-refractivity contribution in [3.05, 3.63) is 70.8 Å². The largest absolute Gasteiger partial charge is 0.417 e. The predicted molar refractivity (Wildman–Crippen MR) is 86.5 cm³/mol. The normalized spacial score (nSPS) is 11.0. The van der Waals surface area contributed by atoms with E-state index in [1.54, 1.807) is 24.4 Å². The minimum Gasteiger partial charge on any atom is -0.408 e. The number of para-hydroxylation sites is 1. The van der Waals surface area contributed by atoms with Crippen LogP contribution in [0.3, 0.4) is 0 Å². The van der Waals surface area contributed by atoms with Gasteiger partial charge in [-0.15, -0.1) is 0 Å². The quantitative estimate of drug-likeness (QED) is 0.596. The molecule has 0 fully saturated rings. The maximum absolute atomic E-state index is 12.4. The van der Waals surface area contributed by atoms with Gasteiger partial charge in [0.25, 0.3) is 5.91 Å². The second kappa shape index (κ2) is 5.10. The lowest BCUT2D eigenvalue weighted by Gasteiger charge is -2.07. The van der Waals surface area contributed by atoms with Crippen molar-refractivity contribution in [1.82, 2.24) is 9.97 Å². The summed E-state index contributed by atoms with van der Waals surface area (Å²) in [5, 5.41) is 3.78. The van der Waals surface area contributed by atoms with Crippen LogP contribution in [0.5, 0.6) is 0 Å². The van der Waals surface area contributed by atoms with E-state index >= 15 is 0 Å². The Labute approximate surface area is 129 Å². The average Bonchev–Trinajstić information content (AvgIpc) is 2.94. The summed E-state index contributed by atoms with van der Waals surface area (Å²) in [6.45, 7) is 0. The first kappa shape index (κ1) is 13.3. The van der Waals surface area contributed by atoms with Crippen LogP contribution in [0.2, 0.25) is 0 Å². The van der Waals surface area contributed by atoms with Crippen LogP contribution in [0, 0.1) is 0 Å². The van der Waals surface area contributed by atoms with E-state index in [-0.39, 0.29) is 5.91 Å². The Morgan fingerprint density at radius 3 is 2.91 bits per heavy atom. The number of aromatic nitrogens is 2. The van der Waals surface area contributed by atoms with E-state index in [1.807, 2.05) is 24.3 Å². The lowest BCUT2D eigenvalue weighted by Crippen LogP contribution is -2.12. The van der Waals surface area contributed by atoms with E-state index in [0.717, 1.165) is 10.9 Å². The van der Waals surface area contributed by atoms with Crippen LogP contribution in [0.4, 0.5) is 5.69 Å². The number of hydrogen-bond acceptors (Lipinski definition) is 4. The molecule has 0 aliphatic carbocycles. The molecule has 2 N–H and O–H groups in total. The molecule has 2 aromatic heterocycles. The number of carbonyl (C=O) groups excluding carboxylic acids is 1. The fraction of sp³-hybridized carbons (Fsp3) is 0. The van der Waals surface area contributed by atoms with Crippen molar-refractivity contribution < 1.29 is 9.21 Å². The highest BCUT2D eigenvalue weighted by molar-refractivity contribution is 6.09. The highest BCUT2D eigenvalue weighted by atomic mass is 16.4. The molecule has 0 aliphatic heterocycles. The molecule has 6 nitrogen and oxygen atoms in total. The van der Waals surface area contributed by atoms with E-state index in [4.69, 9.17) is 4.42 Å². The third-order valence-electron chi connectivity index (χ3n) is 3.56. The fourth-order valence-electron chi connectivity index (χ4n) is 2.49. The van der Waals surface area contributed by atoms with E-state index in [9.17, 15) is 9.59 Å². The number of amides is 1. The van der Waals surface area contributed by atoms with Crippen LogP contribution in [0.1, 0.15) is 10.4 Å². The van der Waals surface area contributed by atoms with Gasteiger partial charge in [0.1, 0.15) is 0 Å². The molecule has 1 amide bonds. The Bertz CT molecular complexity index is 1090. The van der Waals surface area contributed by atoms with Gasteiger partial charge in [0.2, 0.25) is 0 Å². The first-order chi connectivity index (χ1) is 11.2. The van der Waals surface area contributed by atoms with Crippen LogP contribution >= 0.6 is 0 Å². The summed E-state index contributed by atoms with van der Waals surface area (Å²) in [4.78, 5) is 30.5. The van der Waals surface area contributed by atoms with Crippen LogP contribution in [-0.2, 0) is 0 Å². The molecular weight excluding hydrogens is 294 g/mol. The second-order valence-corrected chi connectivity index (χ2v) is 5.06. The van der Waals surface area contributed by atoms with E-state index < -0.39 is 5.76 Å². The summed E-state index contributed by atoms with van der Waals surface area (Å²) in [5.74, 6) is -0.843. The molecule has 2 aromatic carbocycles. The summed E-state index contributed by atoms with van der Waals surface area (Å²) >= 11 is 0. The number of hydrogen-bond donors (Lipinski definition) is 2. The monoisotopic (exact) mass is 305 g/mol. The van der Waals surface area contributed by atoms with E-state index in [0.29, 0.717) is 22.4 Å². The zero-order valence-corrected chi connectivity index (χ0v) is 11.9. The highest BCUT2D eigenvalue weighted by Crippen LogP contribution is 2.22. The molecular formula is C17H11N3O3. The molecule has 0 bridgehead atoms. The molecule has 4 aromatic rings. The molecule has 0 spiro atoms. The SMILES string of the molecule is O=C(Nc1cccc2cccnc12)c1ccc2[nH]c(=O)oc2c1. The number of oxazole rings is 1. The summed E-state index contributed by atoms with van der Waals surface area (Å²) in [7, 11) is 0. The Hall–Kier alpha value is -3.41. The number of rotatable bonds is 2. The van der Waals surface area contributed by atoms with Gasteiger partial charge < -0.3 is 9.73 Å². The van der Waals surface area contributed by atoms with E-state index in [1.165, 1.54) is 6.07 Å². The number of aromatic amines is 1. The van der Waals surface area contributed by atoms with Gasteiger partial charge in [-0.05, 0) is 30.3 Å². The number of benzene rings is 2.